The number of hydrogen-bond acceptors (Lipinski definition) is 6. The number of esters is 2. The SMILES string of the molecule is CCOC(=O)CC[C@@H](NC(=O)[C@@H](NC(=O)[C@@H](C)c1ccc(Cl)cc1)C(C)(C)C)C(=O)OCC. The Morgan fingerprint density at radius 2 is 1.52 bits per heavy atom. The van der Waals surface area contributed by atoms with Gasteiger partial charge in [-0.1, -0.05) is 44.5 Å². The number of nitrogens with one attached hydrogen (secondary N) is 2. The van der Waals surface area contributed by atoms with Crippen LogP contribution in [0, 0.1) is 5.41 Å². The van der Waals surface area contributed by atoms with E-state index in [1.165, 1.54) is 0 Å². The van der Waals surface area contributed by atoms with Gasteiger partial charge in [-0.3, -0.25) is 14.4 Å². The van der Waals surface area contributed by atoms with E-state index in [-0.39, 0.29) is 32.0 Å². The summed E-state index contributed by atoms with van der Waals surface area (Å²) < 4.78 is 9.94. The fourth-order valence-electron chi connectivity index (χ4n) is 3.09. The lowest BCUT2D eigenvalue weighted by Crippen LogP contribution is -2.57. The van der Waals surface area contributed by atoms with Crippen LogP contribution in [0.3, 0.4) is 0 Å². The van der Waals surface area contributed by atoms with Crippen molar-refractivity contribution >= 4 is 35.4 Å². The third-order valence-electron chi connectivity index (χ3n) is 5.01. The van der Waals surface area contributed by atoms with Gasteiger partial charge in [0.1, 0.15) is 12.1 Å². The Hall–Kier alpha value is -2.61. The van der Waals surface area contributed by atoms with E-state index in [2.05, 4.69) is 10.6 Å². The highest BCUT2D eigenvalue weighted by atomic mass is 35.5. The summed E-state index contributed by atoms with van der Waals surface area (Å²) in [6.45, 7) is 10.8. The zero-order chi connectivity index (χ0) is 25.2. The van der Waals surface area contributed by atoms with Crippen molar-refractivity contribution in [3.8, 4) is 0 Å². The summed E-state index contributed by atoms with van der Waals surface area (Å²) in [6, 6.07) is 4.93. The molecule has 3 atom stereocenters. The van der Waals surface area contributed by atoms with Crippen LogP contribution in [0.5, 0.6) is 0 Å². The minimum atomic E-state index is -1.04. The molecule has 0 fully saturated rings. The first kappa shape index (κ1) is 28.4. The molecule has 0 aromatic heterocycles. The highest BCUT2D eigenvalue weighted by molar-refractivity contribution is 6.30. The number of hydrogen-bond donors (Lipinski definition) is 2. The van der Waals surface area contributed by atoms with Crippen LogP contribution in [0.25, 0.3) is 0 Å². The molecule has 1 rings (SSSR count). The third-order valence-corrected chi connectivity index (χ3v) is 5.26. The van der Waals surface area contributed by atoms with Gasteiger partial charge < -0.3 is 20.1 Å². The van der Waals surface area contributed by atoms with Gasteiger partial charge in [0.25, 0.3) is 0 Å². The molecule has 0 aliphatic carbocycles. The summed E-state index contributed by atoms with van der Waals surface area (Å²) >= 11 is 5.92. The second-order valence-corrected chi connectivity index (χ2v) is 9.17. The molecule has 2 N–H and O–H groups in total. The molecule has 0 aliphatic rings. The maximum atomic E-state index is 13.2. The van der Waals surface area contributed by atoms with Gasteiger partial charge in [-0.25, -0.2) is 4.79 Å². The van der Waals surface area contributed by atoms with Crippen molar-refractivity contribution in [1.82, 2.24) is 10.6 Å². The number of ether oxygens (including phenoxy) is 2. The third kappa shape index (κ3) is 9.42. The van der Waals surface area contributed by atoms with E-state index in [9.17, 15) is 19.2 Å². The quantitative estimate of drug-likeness (QED) is 0.468. The van der Waals surface area contributed by atoms with Crippen molar-refractivity contribution in [3.63, 3.8) is 0 Å². The van der Waals surface area contributed by atoms with Crippen molar-refractivity contribution in [2.45, 2.75) is 72.4 Å². The van der Waals surface area contributed by atoms with Crippen LogP contribution in [0.1, 0.15) is 65.9 Å². The minimum Gasteiger partial charge on any atom is -0.466 e. The number of rotatable bonds is 11. The lowest BCUT2D eigenvalue weighted by atomic mass is 9.85. The Labute approximate surface area is 200 Å². The lowest BCUT2D eigenvalue weighted by Gasteiger charge is -2.32. The van der Waals surface area contributed by atoms with Gasteiger partial charge >= 0.3 is 11.9 Å². The van der Waals surface area contributed by atoms with E-state index in [1.807, 2.05) is 20.8 Å². The van der Waals surface area contributed by atoms with Crippen LogP contribution < -0.4 is 10.6 Å². The van der Waals surface area contributed by atoms with Gasteiger partial charge in [0, 0.05) is 11.4 Å². The lowest BCUT2D eigenvalue weighted by molar-refractivity contribution is -0.149. The van der Waals surface area contributed by atoms with Gasteiger partial charge in [0.2, 0.25) is 11.8 Å². The molecule has 0 aliphatic heterocycles. The van der Waals surface area contributed by atoms with Gasteiger partial charge in [0.15, 0.2) is 0 Å². The maximum Gasteiger partial charge on any atom is 0.328 e. The van der Waals surface area contributed by atoms with E-state index in [4.69, 9.17) is 21.1 Å². The molecule has 1 aromatic rings. The number of halogens is 1. The van der Waals surface area contributed by atoms with E-state index in [1.54, 1.807) is 45.0 Å². The average molecular weight is 483 g/mol. The predicted molar refractivity (Wildman–Crippen MR) is 126 cm³/mol. The van der Waals surface area contributed by atoms with Crippen LogP contribution in [-0.4, -0.2) is 49.1 Å². The molecule has 9 heteroatoms. The Morgan fingerprint density at radius 3 is 2.03 bits per heavy atom. The molecule has 0 heterocycles. The molecule has 0 bridgehead atoms. The molecule has 0 saturated carbocycles. The molecule has 0 spiro atoms. The van der Waals surface area contributed by atoms with Crippen molar-refractivity contribution in [3.05, 3.63) is 34.9 Å². The standard InChI is InChI=1S/C24H35ClN2O6/c1-7-32-19(28)14-13-18(23(31)33-8-2)26-22(30)20(24(4,5)6)27-21(29)15(3)16-9-11-17(25)12-10-16/h9-12,15,18,20H,7-8,13-14H2,1-6H3,(H,26,30)(H,27,29)/t15-,18+,20+/m0/s1. The van der Waals surface area contributed by atoms with Gasteiger partial charge in [-0.15, -0.1) is 0 Å². The molecule has 8 nitrogen and oxygen atoms in total. The Balaban J connectivity index is 2.98. The summed E-state index contributed by atoms with van der Waals surface area (Å²) in [5.41, 5.74) is 0.101. The number of benzene rings is 1. The molecule has 1 aromatic carbocycles. The predicted octanol–water partition coefficient (Wildman–Crippen LogP) is 3.37. The topological polar surface area (TPSA) is 111 Å². The van der Waals surface area contributed by atoms with E-state index in [0.717, 1.165) is 5.56 Å². The van der Waals surface area contributed by atoms with E-state index >= 15 is 0 Å². The highest BCUT2D eigenvalue weighted by Crippen LogP contribution is 2.23. The normalized spacial score (nSPS) is 13.9. The summed E-state index contributed by atoms with van der Waals surface area (Å²) in [4.78, 5) is 50.2. The highest BCUT2D eigenvalue weighted by Gasteiger charge is 2.36. The maximum absolute atomic E-state index is 13.2. The molecule has 33 heavy (non-hydrogen) atoms. The van der Waals surface area contributed by atoms with Crippen LogP contribution in [-0.2, 0) is 28.7 Å². The first-order valence-electron chi connectivity index (χ1n) is 11.1. The van der Waals surface area contributed by atoms with Crippen molar-refractivity contribution in [2.75, 3.05) is 13.2 Å². The fourth-order valence-corrected chi connectivity index (χ4v) is 3.21. The van der Waals surface area contributed by atoms with E-state index < -0.39 is 41.3 Å². The first-order chi connectivity index (χ1) is 15.4. The summed E-state index contributed by atoms with van der Waals surface area (Å²) in [5.74, 6) is -2.53. The van der Waals surface area contributed by atoms with Crippen LogP contribution in [0.2, 0.25) is 5.02 Å². The largest absolute Gasteiger partial charge is 0.466 e. The van der Waals surface area contributed by atoms with Gasteiger partial charge in [-0.2, -0.15) is 0 Å². The van der Waals surface area contributed by atoms with Crippen LogP contribution in [0.4, 0.5) is 0 Å². The van der Waals surface area contributed by atoms with Crippen LogP contribution in [0.15, 0.2) is 24.3 Å². The van der Waals surface area contributed by atoms with Crippen molar-refractivity contribution in [1.29, 1.82) is 0 Å². The molecule has 184 valence electrons. The second kappa shape index (κ2) is 13.2. The number of carbonyl (C=O) groups is 4. The molecule has 2 amide bonds. The Kier molecular flexibility index (Phi) is 11.4. The number of carbonyl (C=O) groups excluding carboxylic acids is 4. The summed E-state index contributed by atoms with van der Waals surface area (Å²) in [6.07, 6.45) is -0.0346. The monoisotopic (exact) mass is 482 g/mol. The Bertz CT molecular complexity index is 819. The summed E-state index contributed by atoms with van der Waals surface area (Å²) in [5, 5.41) is 6.01. The van der Waals surface area contributed by atoms with Crippen LogP contribution >= 0.6 is 11.6 Å². The smallest absolute Gasteiger partial charge is 0.328 e. The van der Waals surface area contributed by atoms with Gasteiger partial charge in [-0.05, 0) is 50.3 Å². The van der Waals surface area contributed by atoms with Crippen molar-refractivity contribution in [2.24, 2.45) is 5.41 Å². The molecule has 0 saturated heterocycles. The second-order valence-electron chi connectivity index (χ2n) is 8.74. The average Bonchev–Trinajstić information content (AvgIpc) is 2.74. The van der Waals surface area contributed by atoms with E-state index in [0.29, 0.717) is 5.02 Å². The zero-order valence-electron chi connectivity index (χ0n) is 20.2. The number of amides is 2. The fraction of sp³-hybridized carbons (Fsp3) is 0.583. The molecule has 0 unspecified atom stereocenters. The minimum absolute atomic E-state index is 0.0232. The van der Waals surface area contributed by atoms with Gasteiger partial charge in [0.05, 0.1) is 19.1 Å². The zero-order valence-corrected chi connectivity index (χ0v) is 21.0. The molecule has 0 radical (unpaired) electrons. The molecular formula is C24H35ClN2O6. The summed E-state index contributed by atoms with van der Waals surface area (Å²) in [7, 11) is 0. The molecular weight excluding hydrogens is 448 g/mol. The first-order valence-corrected chi connectivity index (χ1v) is 11.5. The Morgan fingerprint density at radius 1 is 0.939 bits per heavy atom. The van der Waals surface area contributed by atoms with Crippen molar-refractivity contribution < 1.29 is 28.7 Å².